The van der Waals surface area contributed by atoms with Crippen LogP contribution >= 0.6 is 0 Å². The predicted molar refractivity (Wildman–Crippen MR) is 88.7 cm³/mol. The molecule has 0 unspecified atom stereocenters. The topological polar surface area (TPSA) is 111 Å². The second kappa shape index (κ2) is 6.84. The summed E-state index contributed by atoms with van der Waals surface area (Å²) in [5.41, 5.74) is 12.4. The van der Waals surface area contributed by atoms with E-state index in [1.165, 1.54) is 0 Å². The maximum atomic E-state index is 11.1. The van der Waals surface area contributed by atoms with Gasteiger partial charge in [-0.2, -0.15) is 0 Å². The number of hydrogen-bond acceptors (Lipinski definition) is 6. The van der Waals surface area contributed by atoms with E-state index in [9.17, 15) is 4.79 Å². The molecule has 0 saturated carbocycles. The summed E-state index contributed by atoms with van der Waals surface area (Å²) >= 11 is 0. The normalized spacial score (nSPS) is 15.6. The Balaban J connectivity index is 2.08. The largest absolute Gasteiger partial charge is 0.410 e. The number of nitrogens with zero attached hydrogens (tertiary/aromatic N) is 3. The summed E-state index contributed by atoms with van der Waals surface area (Å²) in [4.78, 5) is 18.1. The zero-order valence-electron chi connectivity index (χ0n) is 13.0. The minimum absolute atomic E-state index is 0.375. The van der Waals surface area contributed by atoms with Crippen LogP contribution in [-0.4, -0.2) is 48.4 Å². The lowest BCUT2D eigenvalue weighted by atomic mass is 10.3. The second-order valence-electron chi connectivity index (χ2n) is 5.49. The highest BCUT2D eigenvalue weighted by molar-refractivity contribution is 5.87. The zero-order valence-corrected chi connectivity index (χ0v) is 13.0. The van der Waals surface area contributed by atoms with Gasteiger partial charge in [0.05, 0.1) is 5.52 Å². The van der Waals surface area contributed by atoms with Gasteiger partial charge in [-0.05, 0) is 25.1 Å². The number of fused-ring (bicyclic) bond motifs is 1. The average Bonchev–Trinajstić information content (AvgIpc) is 2.72. The summed E-state index contributed by atoms with van der Waals surface area (Å²) in [6.45, 7) is 4.87. The molecule has 124 valence electrons. The Hall–Kier alpha value is -2.32. The van der Waals surface area contributed by atoms with E-state index in [0.717, 1.165) is 44.1 Å². The van der Waals surface area contributed by atoms with Crippen LogP contribution in [-0.2, 0) is 6.54 Å². The highest BCUT2D eigenvalue weighted by Gasteiger charge is 2.20. The number of ether oxygens (including phenoxy) is 1. The molecule has 1 amide bonds. The second-order valence-corrected chi connectivity index (χ2v) is 5.49. The van der Waals surface area contributed by atoms with E-state index in [1.54, 1.807) is 6.07 Å². The smallest absolute Gasteiger partial charge is 0.408 e. The molecule has 23 heavy (non-hydrogen) atoms. The van der Waals surface area contributed by atoms with Crippen LogP contribution in [0.4, 0.5) is 10.7 Å². The number of rotatable bonds is 4. The van der Waals surface area contributed by atoms with E-state index in [4.69, 9.17) is 21.2 Å². The molecular formula is C15H22N6O2. The quantitative estimate of drug-likeness (QED) is 0.745. The molecule has 1 saturated heterocycles. The molecule has 0 radical (unpaired) electrons. The molecule has 8 nitrogen and oxygen atoms in total. The number of anilines is 1. The third kappa shape index (κ3) is 3.22. The fraction of sp³-hybridized carbons (Fsp3) is 0.467. The van der Waals surface area contributed by atoms with Crippen LogP contribution in [0.15, 0.2) is 18.2 Å². The first-order valence-electron chi connectivity index (χ1n) is 7.83. The Morgan fingerprint density at radius 3 is 3.00 bits per heavy atom. The lowest BCUT2D eigenvalue weighted by Gasteiger charge is -2.22. The molecule has 2 aromatic rings. The molecule has 0 spiro atoms. The monoisotopic (exact) mass is 318 g/mol. The van der Waals surface area contributed by atoms with E-state index in [2.05, 4.69) is 14.8 Å². The van der Waals surface area contributed by atoms with Crippen LogP contribution in [0, 0.1) is 0 Å². The molecule has 5 N–H and O–H groups in total. The van der Waals surface area contributed by atoms with Gasteiger partial charge >= 0.3 is 6.09 Å². The van der Waals surface area contributed by atoms with E-state index in [-0.39, 0.29) is 0 Å². The summed E-state index contributed by atoms with van der Waals surface area (Å²) in [5.74, 6) is 1.23. The van der Waals surface area contributed by atoms with Crippen molar-refractivity contribution in [1.29, 1.82) is 0 Å². The molecule has 1 aromatic carbocycles. The van der Waals surface area contributed by atoms with Gasteiger partial charge < -0.3 is 31.0 Å². The van der Waals surface area contributed by atoms with Gasteiger partial charge in [-0.3, -0.25) is 0 Å². The van der Waals surface area contributed by atoms with Crippen molar-refractivity contribution in [2.45, 2.75) is 13.0 Å². The molecule has 1 aromatic heterocycles. The molecule has 8 heteroatoms. The number of amides is 1. The van der Waals surface area contributed by atoms with Gasteiger partial charge in [0.1, 0.15) is 5.52 Å². The minimum atomic E-state index is -0.841. The van der Waals surface area contributed by atoms with Gasteiger partial charge in [0.25, 0.3) is 0 Å². The average molecular weight is 318 g/mol. The first-order chi connectivity index (χ1) is 11.2. The Labute approximate surface area is 134 Å². The third-order valence-corrected chi connectivity index (χ3v) is 3.91. The number of aromatic nitrogens is 2. The van der Waals surface area contributed by atoms with Crippen molar-refractivity contribution < 1.29 is 9.53 Å². The van der Waals surface area contributed by atoms with Crippen LogP contribution in [0.1, 0.15) is 6.42 Å². The van der Waals surface area contributed by atoms with Crippen molar-refractivity contribution in [3.63, 3.8) is 0 Å². The Morgan fingerprint density at radius 1 is 1.35 bits per heavy atom. The van der Waals surface area contributed by atoms with Gasteiger partial charge in [-0.1, -0.05) is 6.07 Å². The zero-order chi connectivity index (χ0) is 16.2. The van der Waals surface area contributed by atoms with Crippen molar-refractivity contribution in [3.05, 3.63) is 18.2 Å². The number of primary amides is 1. The van der Waals surface area contributed by atoms with Crippen molar-refractivity contribution in [2.24, 2.45) is 11.5 Å². The van der Waals surface area contributed by atoms with Gasteiger partial charge in [-0.25, -0.2) is 9.78 Å². The van der Waals surface area contributed by atoms with Crippen LogP contribution in [0.3, 0.4) is 0 Å². The summed E-state index contributed by atoms with van der Waals surface area (Å²) in [5, 5.41) is 3.38. The molecule has 2 heterocycles. The number of carbonyl (C=O) groups is 1. The van der Waals surface area contributed by atoms with Gasteiger partial charge in [0.15, 0.2) is 5.75 Å². The minimum Gasteiger partial charge on any atom is -0.408 e. The standard InChI is InChI=1S/C15H22N6O2/c16-5-9-21-11-3-1-4-12(23-14(17)22)13(11)19-15(21)20-8-2-6-18-7-10-20/h1,3-4,18H,2,5-10,16H2,(H2,17,22). The van der Waals surface area contributed by atoms with Gasteiger partial charge in [0, 0.05) is 32.7 Å². The number of benzene rings is 1. The highest BCUT2D eigenvalue weighted by Crippen LogP contribution is 2.29. The maximum Gasteiger partial charge on any atom is 0.410 e. The summed E-state index contributed by atoms with van der Waals surface area (Å²) in [7, 11) is 0. The first kappa shape index (κ1) is 15.6. The fourth-order valence-corrected chi connectivity index (χ4v) is 2.94. The highest BCUT2D eigenvalue weighted by atomic mass is 16.5. The van der Waals surface area contributed by atoms with Crippen molar-refractivity contribution in [3.8, 4) is 5.75 Å². The molecule has 0 bridgehead atoms. The lowest BCUT2D eigenvalue weighted by molar-refractivity contribution is 0.211. The fourth-order valence-electron chi connectivity index (χ4n) is 2.94. The van der Waals surface area contributed by atoms with Crippen LogP contribution in [0.25, 0.3) is 11.0 Å². The number of nitrogens with one attached hydrogen (secondary N) is 1. The van der Waals surface area contributed by atoms with Crippen molar-refractivity contribution in [2.75, 3.05) is 37.6 Å². The number of imidazole rings is 1. The van der Waals surface area contributed by atoms with Gasteiger partial charge in [0.2, 0.25) is 5.95 Å². The number of nitrogens with two attached hydrogens (primary N) is 2. The van der Waals surface area contributed by atoms with E-state index in [1.807, 2.05) is 12.1 Å². The Bertz CT molecular complexity index is 691. The maximum absolute atomic E-state index is 11.1. The molecule has 1 aliphatic rings. The number of para-hydroxylation sites is 1. The first-order valence-corrected chi connectivity index (χ1v) is 7.83. The van der Waals surface area contributed by atoms with Crippen LogP contribution in [0.5, 0.6) is 5.75 Å². The predicted octanol–water partition coefficient (Wildman–Crippen LogP) is 0.252. The Morgan fingerprint density at radius 2 is 2.22 bits per heavy atom. The molecule has 0 aliphatic carbocycles. The Kier molecular flexibility index (Phi) is 4.63. The number of carbonyl (C=O) groups excluding carboxylic acids is 1. The molecule has 1 fully saturated rings. The summed E-state index contributed by atoms with van der Waals surface area (Å²) in [6, 6.07) is 5.47. The van der Waals surface area contributed by atoms with Crippen molar-refractivity contribution >= 4 is 23.1 Å². The van der Waals surface area contributed by atoms with Gasteiger partial charge in [-0.15, -0.1) is 0 Å². The van der Waals surface area contributed by atoms with E-state index < -0.39 is 6.09 Å². The van der Waals surface area contributed by atoms with E-state index in [0.29, 0.717) is 24.4 Å². The lowest BCUT2D eigenvalue weighted by Crippen LogP contribution is -2.31. The van der Waals surface area contributed by atoms with E-state index >= 15 is 0 Å². The van der Waals surface area contributed by atoms with Crippen LogP contribution in [0.2, 0.25) is 0 Å². The summed E-state index contributed by atoms with van der Waals surface area (Å²) < 4.78 is 7.16. The van der Waals surface area contributed by atoms with Crippen LogP contribution < -0.4 is 26.4 Å². The molecular weight excluding hydrogens is 296 g/mol. The SMILES string of the molecule is NCCn1c(N2CCCNCC2)nc2c(OC(N)=O)cccc21. The molecule has 1 aliphatic heterocycles. The molecule has 3 rings (SSSR count). The van der Waals surface area contributed by atoms with Crippen molar-refractivity contribution in [1.82, 2.24) is 14.9 Å². The summed E-state index contributed by atoms with van der Waals surface area (Å²) in [6.07, 6.45) is 0.211. The number of hydrogen-bond donors (Lipinski definition) is 3. The molecule has 0 atom stereocenters. The third-order valence-electron chi connectivity index (χ3n) is 3.91.